The number of hydrogen-bond acceptors (Lipinski definition) is 3. The van der Waals surface area contributed by atoms with Crippen LogP contribution in [-0.2, 0) is 20.8 Å². The van der Waals surface area contributed by atoms with Crippen molar-refractivity contribution in [3.8, 4) is 0 Å². The fourth-order valence-electron chi connectivity index (χ4n) is 3.64. The number of hydrogen-bond donors (Lipinski definition) is 0. The van der Waals surface area contributed by atoms with Gasteiger partial charge < -0.3 is 18.9 Å². The highest BCUT2D eigenvalue weighted by Gasteiger charge is 2.28. The Bertz CT molecular complexity index is 508. The van der Waals surface area contributed by atoms with Gasteiger partial charge in [-0.3, -0.25) is 4.79 Å². The molecule has 1 aliphatic carbocycles. The molecule has 0 spiro atoms. The molecule has 0 bridgehead atoms. The summed E-state index contributed by atoms with van der Waals surface area (Å²) in [5, 5.41) is 0. The van der Waals surface area contributed by atoms with E-state index >= 15 is 0 Å². The highest BCUT2D eigenvalue weighted by atomic mass is 16.5. The second-order valence-corrected chi connectivity index (χ2v) is 6.54. The number of rotatable bonds is 7. The molecule has 3 rings (SSSR count). The normalized spacial score (nSPS) is 21.6. The predicted molar refractivity (Wildman–Crippen MR) is 88.2 cm³/mol. The first-order chi connectivity index (χ1) is 11.3. The quantitative estimate of drug-likeness (QED) is 0.726. The molecule has 1 aliphatic heterocycles. The van der Waals surface area contributed by atoms with E-state index in [1.165, 1.54) is 18.5 Å². The van der Waals surface area contributed by atoms with Crippen molar-refractivity contribution in [2.24, 2.45) is 0 Å². The van der Waals surface area contributed by atoms with Crippen LogP contribution in [-0.4, -0.2) is 47.8 Å². The second kappa shape index (κ2) is 7.97. The summed E-state index contributed by atoms with van der Waals surface area (Å²) in [5.74, 6) is 0.116. The van der Waals surface area contributed by atoms with Crippen LogP contribution < -0.4 is 0 Å². The van der Waals surface area contributed by atoms with Gasteiger partial charge in [0.25, 0.3) is 0 Å². The van der Waals surface area contributed by atoms with Crippen LogP contribution in [0, 0.1) is 0 Å². The summed E-state index contributed by atoms with van der Waals surface area (Å²) in [6.07, 6.45) is 8.01. The average Bonchev–Trinajstić information content (AvgIpc) is 3.23. The monoisotopic (exact) mass is 320 g/mol. The molecular weight excluding hydrogens is 292 g/mol. The fraction of sp³-hybridized carbons (Fsp3) is 0.722. The lowest BCUT2D eigenvalue weighted by Gasteiger charge is -2.35. The first-order valence-corrected chi connectivity index (χ1v) is 8.90. The van der Waals surface area contributed by atoms with Crippen LogP contribution in [0.15, 0.2) is 18.3 Å². The van der Waals surface area contributed by atoms with Gasteiger partial charge in [-0.05, 0) is 38.3 Å². The van der Waals surface area contributed by atoms with E-state index in [4.69, 9.17) is 9.47 Å². The minimum Gasteiger partial charge on any atom is -0.382 e. The number of carbonyl (C=O) groups is 1. The zero-order chi connectivity index (χ0) is 16.1. The zero-order valence-electron chi connectivity index (χ0n) is 14.1. The Kier molecular flexibility index (Phi) is 5.73. The van der Waals surface area contributed by atoms with Gasteiger partial charge in [0.05, 0.1) is 18.7 Å². The molecule has 1 unspecified atom stereocenters. The molecule has 1 aromatic rings. The molecule has 2 aliphatic rings. The van der Waals surface area contributed by atoms with Crippen LogP contribution in [0.25, 0.3) is 0 Å². The molecule has 1 aromatic heterocycles. The van der Waals surface area contributed by atoms with Gasteiger partial charge in [-0.25, -0.2) is 0 Å². The third kappa shape index (κ3) is 4.15. The molecule has 128 valence electrons. The number of nitrogens with zero attached hydrogens (tertiary/aromatic N) is 2. The van der Waals surface area contributed by atoms with Gasteiger partial charge in [0.15, 0.2) is 0 Å². The van der Waals surface area contributed by atoms with E-state index in [1.807, 2.05) is 11.8 Å². The fourth-order valence-corrected chi connectivity index (χ4v) is 3.64. The van der Waals surface area contributed by atoms with Crippen molar-refractivity contribution < 1.29 is 14.3 Å². The molecule has 23 heavy (non-hydrogen) atoms. The molecular formula is C18H28N2O3. The number of ether oxygens (including phenoxy) is 2. The van der Waals surface area contributed by atoms with E-state index in [-0.39, 0.29) is 12.5 Å². The van der Waals surface area contributed by atoms with Crippen LogP contribution in [0.3, 0.4) is 0 Å². The molecule has 0 saturated heterocycles. The van der Waals surface area contributed by atoms with Crippen molar-refractivity contribution in [1.82, 2.24) is 9.47 Å². The summed E-state index contributed by atoms with van der Waals surface area (Å²) in [4.78, 5) is 14.5. The lowest BCUT2D eigenvalue weighted by molar-refractivity contribution is -0.140. The minimum atomic E-state index is 0.116. The second-order valence-electron chi connectivity index (χ2n) is 6.54. The maximum atomic E-state index is 12.5. The van der Waals surface area contributed by atoms with E-state index in [0.29, 0.717) is 18.7 Å². The van der Waals surface area contributed by atoms with Gasteiger partial charge >= 0.3 is 0 Å². The zero-order valence-corrected chi connectivity index (χ0v) is 14.1. The molecule has 1 fully saturated rings. The molecule has 0 aromatic carbocycles. The van der Waals surface area contributed by atoms with Gasteiger partial charge in [-0.1, -0.05) is 12.8 Å². The van der Waals surface area contributed by atoms with Gasteiger partial charge in [-0.2, -0.15) is 0 Å². The number of amides is 1. The Morgan fingerprint density at radius 2 is 2.17 bits per heavy atom. The first-order valence-electron chi connectivity index (χ1n) is 8.90. The van der Waals surface area contributed by atoms with Crippen molar-refractivity contribution in [2.75, 3.05) is 26.4 Å². The van der Waals surface area contributed by atoms with E-state index in [9.17, 15) is 4.79 Å². The molecule has 5 nitrogen and oxygen atoms in total. The Labute approximate surface area is 138 Å². The molecule has 0 radical (unpaired) electrons. The summed E-state index contributed by atoms with van der Waals surface area (Å²) in [6.45, 7) is 5.15. The van der Waals surface area contributed by atoms with Crippen LogP contribution >= 0.6 is 0 Å². The summed E-state index contributed by atoms with van der Waals surface area (Å²) in [5.41, 5.74) is 1.20. The van der Waals surface area contributed by atoms with E-state index < -0.39 is 0 Å². The van der Waals surface area contributed by atoms with Gasteiger partial charge in [0.1, 0.15) is 6.61 Å². The van der Waals surface area contributed by atoms with Crippen molar-refractivity contribution in [2.45, 2.75) is 57.7 Å². The number of fused-ring (bicyclic) bond motifs is 1. The smallest absolute Gasteiger partial charge is 0.249 e. The summed E-state index contributed by atoms with van der Waals surface area (Å²) < 4.78 is 13.6. The van der Waals surface area contributed by atoms with Gasteiger partial charge in [-0.15, -0.1) is 0 Å². The Morgan fingerprint density at radius 1 is 1.35 bits per heavy atom. The van der Waals surface area contributed by atoms with Crippen LogP contribution in [0.2, 0.25) is 0 Å². The third-order valence-electron chi connectivity index (χ3n) is 4.94. The maximum absolute atomic E-state index is 12.5. The number of aromatic nitrogens is 1. The van der Waals surface area contributed by atoms with Crippen LogP contribution in [0.4, 0.5) is 0 Å². The SMILES string of the molecule is CCOCCC1CN(C(=O)COC2CCCC2)Cc2cccn21. The van der Waals surface area contributed by atoms with Gasteiger partial charge in [0, 0.05) is 31.6 Å². The summed E-state index contributed by atoms with van der Waals surface area (Å²) in [7, 11) is 0. The van der Waals surface area contributed by atoms with Crippen molar-refractivity contribution in [1.29, 1.82) is 0 Å². The number of carbonyl (C=O) groups excluding carboxylic acids is 1. The van der Waals surface area contributed by atoms with Crippen LogP contribution in [0.5, 0.6) is 0 Å². The lowest BCUT2D eigenvalue weighted by Crippen LogP contribution is -2.43. The topological polar surface area (TPSA) is 43.7 Å². The lowest BCUT2D eigenvalue weighted by atomic mass is 10.1. The average molecular weight is 320 g/mol. The molecule has 1 amide bonds. The molecule has 2 heterocycles. The Hall–Kier alpha value is -1.33. The van der Waals surface area contributed by atoms with E-state index in [2.05, 4.69) is 22.9 Å². The maximum Gasteiger partial charge on any atom is 0.249 e. The standard InChI is InChI=1S/C18H28N2O3/c1-2-22-11-9-16-13-19(12-15-6-5-10-20(15)16)18(21)14-23-17-7-3-4-8-17/h5-6,10,16-17H,2-4,7-9,11-14H2,1H3. The van der Waals surface area contributed by atoms with Crippen molar-refractivity contribution in [3.05, 3.63) is 24.0 Å². The first kappa shape index (κ1) is 16.5. The Balaban J connectivity index is 1.56. The summed E-state index contributed by atoms with van der Waals surface area (Å²) in [6, 6.07) is 4.47. The molecule has 5 heteroatoms. The van der Waals surface area contributed by atoms with Crippen LogP contribution in [0.1, 0.15) is 50.8 Å². The Morgan fingerprint density at radius 3 is 2.96 bits per heavy atom. The van der Waals surface area contributed by atoms with E-state index in [1.54, 1.807) is 0 Å². The van der Waals surface area contributed by atoms with Gasteiger partial charge in [0.2, 0.25) is 5.91 Å². The third-order valence-corrected chi connectivity index (χ3v) is 4.94. The molecule has 1 saturated carbocycles. The largest absolute Gasteiger partial charge is 0.382 e. The van der Waals surface area contributed by atoms with Crippen molar-refractivity contribution >= 4 is 5.91 Å². The van der Waals surface area contributed by atoms with Crippen molar-refractivity contribution in [3.63, 3.8) is 0 Å². The minimum absolute atomic E-state index is 0.116. The molecule has 1 atom stereocenters. The summed E-state index contributed by atoms with van der Waals surface area (Å²) >= 11 is 0. The highest BCUT2D eigenvalue weighted by Crippen LogP contribution is 2.25. The predicted octanol–water partition coefficient (Wildman–Crippen LogP) is 2.76. The highest BCUT2D eigenvalue weighted by molar-refractivity contribution is 5.77. The molecule has 0 N–H and O–H groups in total. The van der Waals surface area contributed by atoms with E-state index in [0.717, 1.165) is 39.0 Å².